The fourth-order valence-electron chi connectivity index (χ4n) is 2.47. The molecule has 0 aliphatic rings. The Hall–Kier alpha value is -2.60. The van der Waals surface area contributed by atoms with E-state index in [1.54, 1.807) is 16.0 Å². The lowest BCUT2D eigenvalue weighted by Gasteiger charge is -2.15. The fourth-order valence-corrected chi connectivity index (χ4v) is 3.30. The van der Waals surface area contributed by atoms with Gasteiger partial charge in [-0.05, 0) is 17.0 Å². The zero-order chi connectivity index (χ0) is 15.7. The Labute approximate surface area is 130 Å². The molecule has 0 fully saturated rings. The Balaban J connectivity index is 2.33. The van der Waals surface area contributed by atoms with Crippen LogP contribution in [-0.2, 0) is 6.54 Å². The molecule has 3 aromatic rings. The Bertz CT molecular complexity index is 896. The Morgan fingerprint density at radius 1 is 1.27 bits per heavy atom. The van der Waals surface area contributed by atoms with Crippen LogP contribution in [0.1, 0.15) is 16.1 Å². The molecule has 0 saturated carbocycles. The van der Waals surface area contributed by atoms with Gasteiger partial charge in [0.2, 0.25) is 5.43 Å². The summed E-state index contributed by atoms with van der Waals surface area (Å²) in [6.07, 6.45) is 0. The number of carbonyl (C=O) groups is 1. The van der Waals surface area contributed by atoms with Crippen molar-refractivity contribution in [2.75, 3.05) is 7.11 Å². The minimum atomic E-state index is -1.18. The lowest BCUT2D eigenvalue weighted by atomic mass is 10.2. The number of carboxylic acids is 1. The summed E-state index contributed by atoms with van der Waals surface area (Å²) in [5.74, 6) is -1.31. The summed E-state index contributed by atoms with van der Waals surface area (Å²) in [4.78, 5) is 24.0. The highest BCUT2D eigenvalue weighted by atomic mass is 32.1. The van der Waals surface area contributed by atoms with Gasteiger partial charge in [-0.2, -0.15) is 0 Å². The first-order valence-corrected chi connectivity index (χ1v) is 7.46. The number of aromatic carboxylic acids is 1. The van der Waals surface area contributed by atoms with Crippen LogP contribution in [0.4, 0.5) is 0 Å². The highest BCUT2D eigenvalue weighted by Crippen LogP contribution is 2.26. The van der Waals surface area contributed by atoms with E-state index >= 15 is 0 Å². The van der Waals surface area contributed by atoms with E-state index < -0.39 is 5.97 Å². The maximum Gasteiger partial charge on any atom is 0.356 e. The molecule has 5 nitrogen and oxygen atoms in total. The first-order valence-electron chi connectivity index (χ1n) is 6.58. The van der Waals surface area contributed by atoms with E-state index in [4.69, 9.17) is 4.74 Å². The Morgan fingerprint density at radius 3 is 2.64 bits per heavy atom. The third-order valence-corrected chi connectivity index (χ3v) is 4.33. The van der Waals surface area contributed by atoms with Crippen LogP contribution < -0.4 is 10.2 Å². The van der Waals surface area contributed by atoms with Crippen LogP contribution in [0.2, 0.25) is 0 Å². The van der Waals surface area contributed by atoms with Gasteiger partial charge >= 0.3 is 5.97 Å². The van der Waals surface area contributed by atoms with E-state index in [0.29, 0.717) is 16.8 Å². The van der Waals surface area contributed by atoms with Crippen LogP contribution >= 0.6 is 11.3 Å². The number of carboxylic acid groups (broad SMARTS) is 1. The van der Waals surface area contributed by atoms with Gasteiger partial charge in [0.05, 0.1) is 12.6 Å². The highest BCUT2D eigenvalue weighted by molar-refractivity contribution is 7.17. The molecule has 6 heteroatoms. The van der Waals surface area contributed by atoms with E-state index in [-0.39, 0.29) is 16.9 Å². The molecule has 22 heavy (non-hydrogen) atoms. The maximum absolute atomic E-state index is 12.4. The number of ether oxygens (including phenoxy) is 1. The Morgan fingerprint density at radius 2 is 2.00 bits per heavy atom. The molecule has 0 bridgehead atoms. The number of aromatic nitrogens is 1. The lowest BCUT2D eigenvalue weighted by Crippen LogP contribution is -2.21. The van der Waals surface area contributed by atoms with Gasteiger partial charge in [0.25, 0.3) is 0 Å². The summed E-state index contributed by atoms with van der Waals surface area (Å²) in [6, 6.07) is 11.3. The molecule has 2 heterocycles. The standard InChI is InChI=1S/C16H13NO4S/c1-21-14-12(16(19)20)17(9-10-5-3-2-4-6-10)11-7-8-22-15(11)13(14)18/h2-8H,9H2,1H3,(H,19,20). The summed E-state index contributed by atoms with van der Waals surface area (Å²) >= 11 is 1.28. The minimum absolute atomic E-state index is 0.123. The second-order valence-electron chi connectivity index (χ2n) is 4.72. The van der Waals surface area contributed by atoms with Crippen molar-refractivity contribution in [2.45, 2.75) is 6.54 Å². The normalized spacial score (nSPS) is 10.8. The van der Waals surface area contributed by atoms with Crippen LogP contribution in [0, 0.1) is 0 Å². The van der Waals surface area contributed by atoms with Crippen LogP contribution in [0.5, 0.6) is 5.75 Å². The predicted molar refractivity (Wildman–Crippen MR) is 85.1 cm³/mol. The summed E-state index contributed by atoms with van der Waals surface area (Å²) in [5.41, 5.74) is 1.05. The molecule has 1 aromatic carbocycles. The molecule has 0 radical (unpaired) electrons. The number of hydrogen-bond acceptors (Lipinski definition) is 4. The van der Waals surface area contributed by atoms with E-state index in [1.807, 2.05) is 30.3 Å². The van der Waals surface area contributed by atoms with E-state index in [9.17, 15) is 14.7 Å². The van der Waals surface area contributed by atoms with Crippen molar-refractivity contribution < 1.29 is 14.6 Å². The molecule has 0 aliphatic carbocycles. The van der Waals surface area contributed by atoms with Gasteiger partial charge in [-0.3, -0.25) is 4.79 Å². The van der Waals surface area contributed by atoms with Gasteiger partial charge in [0, 0.05) is 6.54 Å². The molecule has 0 saturated heterocycles. The van der Waals surface area contributed by atoms with E-state index in [1.165, 1.54) is 18.4 Å². The number of nitrogens with zero attached hydrogens (tertiary/aromatic N) is 1. The molecule has 0 aliphatic heterocycles. The molecular formula is C16H13NO4S. The third kappa shape index (κ3) is 2.27. The van der Waals surface area contributed by atoms with Crippen molar-refractivity contribution in [2.24, 2.45) is 0 Å². The zero-order valence-electron chi connectivity index (χ0n) is 11.8. The largest absolute Gasteiger partial charge is 0.491 e. The minimum Gasteiger partial charge on any atom is -0.491 e. The number of pyridine rings is 1. The quantitative estimate of drug-likeness (QED) is 0.804. The van der Waals surface area contributed by atoms with Crippen molar-refractivity contribution in [1.82, 2.24) is 4.57 Å². The number of rotatable bonds is 4. The fraction of sp³-hybridized carbons (Fsp3) is 0.125. The lowest BCUT2D eigenvalue weighted by molar-refractivity contribution is 0.0681. The summed E-state index contributed by atoms with van der Waals surface area (Å²) in [6.45, 7) is 0.354. The molecular weight excluding hydrogens is 302 g/mol. The molecule has 1 N–H and O–H groups in total. The number of fused-ring (bicyclic) bond motifs is 1. The number of hydrogen-bond donors (Lipinski definition) is 1. The van der Waals surface area contributed by atoms with Crippen molar-refractivity contribution in [1.29, 1.82) is 0 Å². The molecule has 0 amide bonds. The van der Waals surface area contributed by atoms with Crippen LogP contribution in [0.3, 0.4) is 0 Å². The van der Waals surface area contributed by atoms with Crippen molar-refractivity contribution in [3.63, 3.8) is 0 Å². The first kappa shape index (κ1) is 14.3. The zero-order valence-corrected chi connectivity index (χ0v) is 12.6. The highest BCUT2D eigenvalue weighted by Gasteiger charge is 2.23. The summed E-state index contributed by atoms with van der Waals surface area (Å²) in [5, 5.41) is 11.3. The van der Waals surface area contributed by atoms with Crippen molar-refractivity contribution in [3.05, 3.63) is 63.3 Å². The molecule has 2 aromatic heterocycles. The molecule has 0 unspecified atom stereocenters. The number of benzene rings is 1. The average Bonchev–Trinajstić information content (AvgIpc) is 3.00. The first-order chi connectivity index (χ1) is 10.6. The molecule has 0 atom stereocenters. The molecule has 3 rings (SSSR count). The average molecular weight is 315 g/mol. The molecule has 0 spiro atoms. The number of thiophene rings is 1. The monoisotopic (exact) mass is 315 g/mol. The van der Waals surface area contributed by atoms with Gasteiger partial charge in [-0.25, -0.2) is 4.79 Å². The maximum atomic E-state index is 12.4. The van der Waals surface area contributed by atoms with Gasteiger partial charge in [-0.15, -0.1) is 11.3 Å². The SMILES string of the molecule is COc1c(C(=O)O)n(Cc2ccccc2)c2ccsc2c1=O. The van der Waals surface area contributed by atoms with Crippen LogP contribution in [0.25, 0.3) is 10.2 Å². The molecule has 112 valence electrons. The van der Waals surface area contributed by atoms with Crippen LogP contribution in [0.15, 0.2) is 46.6 Å². The smallest absolute Gasteiger partial charge is 0.356 e. The summed E-state index contributed by atoms with van der Waals surface area (Å²) in [7, 11) is 1.31. The van der Waals surface area contributed by atoms with Gasteiger partial charge in [0.15, 0.2) is 11.4 Å². The van der Waals surface area contributed by atoms with Gasteiger partial charge in [0.1, 0.15) is 4.70 Å². The second-order valence-corrected chi connectivity index (χ2v) is 5.64. The summed E-state index contributed by atoms with van der Waals surface area (Å²) < 4.78 is 7.20. The predicted octanol–water partition coefficient (Wildman–Crippen LogP) is 2.82. The van der Waals surface area contributed by atoms with Gasteiger partial charge < -0.3 is 14.4 Å². The topological polar surface area (TPSA) is 68.5 Å². The van der Waals surface area contributed by atoms with Crippen molar-refractivity contribution in [3.8, 4) is 5.75 Å². The van der Waals surface area contributed by atoms with E-state index in [2.05, 4.69) is 0 Å². The number of methoxy groups -OCH3 is 1. The van der Waals surface area contributed by atoms with Crippen molar-refractivity contribution >= 4 is 27.5 Å². The van der Waals surface area contributed by atoms with Crippen LogP contribution in [-0.4, -0.2) is 22.8 Å². The third-order valence-electron chi connectivity index (χ3n) is 3.42. The van der Waals surface area contributed by atoms with Gasteiger partial charge in [-0.1, -0.05) is 30.3 Å². The second kappa shape index (κ2) is 5.65. The van der Waals surface area contributed by atoms with E-state index in [0.717, 1.165) is 5.56 Å². The Kier molecular flexibility index (Phi) is 3.68.